The van der Waals surface area contributed by atoms with Crippen molar-refractivity contribution < 1.29 is 32.1 Å². The summed E-state index contributed by atoms with van der Waals surface area (Å²) >= 11 is 0. The van der Waals surface area contributed by atoms with Crippen LogP contribution in [0.5, 0.6) is 0 Å². The van der Waals surface area contributed by atoms with Crippen LogP contribution in [0.1, 0.15) is 44.9 Å². The molecule has 2 amide bonds. The molecule has 26 heavy (non-hydrogen) atoms. The fourth-order valence-electron chi connectivity index (χ4n) is 3.43. The molecule has 4 unspecified atom stereocenters. The second kappa shape index (κ2) is 11.4. The predicted octanol–water partition coefficient (Wildman–Crippen LogP) is 2.93. The molecule has 0 bridgehead atoms. The van der Waals surface area contributed by atoms with Crippen LogP contribution in [-0.2, 0) is 32.1 Å². The first-order valence-electron chi connectivity index (χ1n) is 8.93. The van der Waals surface area contributed by atoms with Gasteiger partial charge in [-0.25, -0.2) is 0 Å². The minimum atomic E-state index is -0.526. The molecular weight excluding hydrogens is 384 g/mol. The first kappa shape index (κ1) is 22.7. The topological polar surface area (TPSA) is 124 Å². The van der Waals surface area contributed by atoms with E-state index >= 15 is 0 Å². The Labute approximate surface area is 165 Å². The molecule has 151 valence electrons. The summed E-state index contributed by atoms with van der Waals surface area (Å²) in [5.74, 6) is -0.364. The van der Waals surface area contributed by atoms with Gasteiger partial charge in [-0.15, -0.1) is 18.6 Å². The molecule has 3 N–H and O–H groups in total. The molecule has 0 aromatic heterocycles. The molecule has 0 aromatic carbocycles. The Balaban J connectivity index is 0.00000169. The molecule has 1 saturated carbocycles. The number of amides is 2. The van der Waals surface area contributed by atoms with Crippen LogP contribution in [0.25, 0.3) is 21.3 Å². The number of piperidine rings is 1. The van der Waals surface area contributed by atoms with E-state index in [0.717, 1.165) is 51.5 Å². The van der Waals surface area contributed by atoms with E-state index in [4.69, 9.17) is 0 Å². The molecule has 3 aliphatic rings. The maximum absolute atomic E-state index is 12.4. The van der Waals surface area contributed by atoms with Crippen LogP contribution in [0.3, 0.4) is 0 Å². The summed E-state index contributed by atoms with van der Waals surface area (Å²) < 4.78 is 0. The second-order valence-electron chi connectivity index (χ2n) is 6.59. The maximum Gasteiger partial charge on any atom is 0.0403 e. The summed E-state index contributed by atoms with van der Waals surface area (Å²) in [4.78, 5) is 24.7. The average Bonchev–Trinajstić information content (AvgIpc) is 2.64. The van der Waals surface area contributed by atoms with Crippen molar-refractivity contribution in [2.24, 2.45) is 0 Å². The van der Waals surface area contributed by atoms with Crippen molar-refractivity contribution in [2.45, 2.75) is 69.1 Å². The molecule has 1 saturated heterocycles. The largest absolute Gasteiger partial charge is 0.680 e. The van der Waals surface area contributed by atoms with Crippen LogP contribution in [0.15, 0.2) is 24.4 Å². The SMILES string of the molecule is O=C([N-]C1CCCCC1[N-]C(=O)C1CCCC[N-]1)C1C=CC=C[N-]1.[Cu].[OH3+]. The molecule has 1 aliphatic carbocycles. The van der Waals surface area contributed by atoms with Gasteiger partial charge >= 0.3 is 0 Å². The second-order valence-corrected chi connectivity index (χ2v) is 6.59. The van der Waals surface area contributed by atoms with Gasteiger partial charge in [0.15, 0.2) is 0 Å². The van der Waals surface area contributed by atoms with E-state index in [1.807, 2.05) is 6.08 Å². The number of carbonyl (C=O) groups is 2. The van der Waals surface area contributed by atoms with Crippen LogP contribution in [-0.4, -0.2) is 42.5 Å². The van der Waals surface area contributed by atoms with Crippen molar-refractivity contribution in [1.82, 2.24) is 0 Å². The van der Waals surface area contributed by atoms with Crippen molar-refractivity contribution in [3.05, 3.63) is 45.7 Å². The first-order valence-corrected chi connectivity index (χ1v) is 8.93. The van der Waals surface area contributed by atoms with Crippen LogP contribution < -0.4 is 0 Å². The molecule has 2 aliphatic heterocycles. The van der Waals surface area contributed by atoms with Crippen LogP contribution >= 0.6 is 0 Å². The molecule has 2 heterocycles. The average molecular weight is 411 g/mol. The number of hydrogen-bond donors (Lipinski definition) is 0. The molecular formula is C18H27CuN4O3-3. The molecule has 2 fully saturated rings. The van der Waals surface area contributed by atoms with Gasteiger partial charge in [0.2, 0.25) is 0 Å². The van der Waals surface area contributed by atoms with Crippen LogP contribution in [0.2, 0.25) is 0 Å². The standard InChI is InChI=1S/C18H26N4O2.Cu.H2O/c23-17(15-9-3-5-11-19-15)21-13-7-1-2-8-14(13)22-18(24)16-10-4-6-12-20-16;;/h3,5,9,11,13-16H,1-2,4,6-8,10,12H2,(H2,21,22,23,24);;1H2/q-2;;/p-1. The van der Waals surface area contributed by atoms with E-state index in [2.05, 4.69) is 21.3 Å². The monoisotopic (exact) mass is 410 g/mol. The van der Waals surface area contributed by atoms with Gasteiger partial charge in [-0.05, 0) is 0 Å². The van der Waals surface area contributed by atoms with E-state index in [1.54, 1.807) is 18.4 Å². The minimum Gasteiger partial charge on any atom is -0.680 e. The smallest absolute Gasteiger partial charge is 0.0403 e. The Hall–Kier alpha value is -1.34. The summed E-state index contributed by atoms with van der Waals surface area (Å²) in [6.45, 7) is 0.756. The Morgan fingerprint density at radius 3 is 2.12 bits per heavy atom. The zero-order valence-electron chi connectivity index (χ0n) is 14.8. The first-order chi connectivity index (χ1) is 11.7. The summed E-state index contributed by atoms with van der Waals surface area (Å²) in [6.07, 6.45) is 13.5. The van der Waals surface area contributed by atoms with Crippen molar-refractivity contribution in [2.75, 3.05) is 6.54 Å². The van der Waals surface area contributed by atoms with Gasteiger partial charge in [-0.3, -0.25) is 0 Å². The van der Waals surface area contributed by atoms with Gasteiger partial charge in [0.1, 0.15) is 0 Å². The van der Waals surface area contributed by atoms with Gasteiger partial charge in [0.05, 0.1) is 0 Å². The minimum absolute atomic E-state index is 0. The summed E-state index contributed by atoms with van der Waals surface area (Å²) in [7, 11) is 0. The molecule has 0 aromatic rings. The van der Waals surface area contributed by atoms with Crippen molar-refractivity contribution >= 4 is 11.8 Å². The predicted molar refractivity (Wildman–Crippen MR) is 98.9 cm³/mol. The quantitative estimate of drug-likeness (QED) is 0.522. The molecule has 7 nitrogen and oxygen atoms in total. The number of nitrogens with zero attached hydrogens (tertiary/aromatic N) is 4. The summed E-state index contributed by atoms with van der Waals surface area (Å²) in [5.41, 5.74) is 0. The van der Waals surface area contributed by atoms with Crippen molar-refractivity contribution in [3.8, 4) is 0 Å². The van der Waals surface area contributed by atoms with E-state index in [9.17, 15) is 9.59 Å². The molecule has 3 rings (SSSR count). The third-order valence-corrected chi connectivity index (χ3v) is 4.79. The Bertz CT molecular complexity index is 521. The third kappa shape index (κ3) is 6.13. The normalized spacial score (nSPS) is 30.2. The van der Waals surface area contributed by atoms with Gasteiger partial charge in [-0.1, -0.05) is 75.3 Å². The van der Waals surface area contributed by atoms with Crippen molar-refractivity contribution in [3.63, 3.8) is 0 Å². The fraction of sp³-hybridized carbons (Fsp3) is 0.667. The molecule has 1 radical (unpaired) electrons. The zero-order chi connectivity index (χ0) is 16.8. The number of allylic oxidation sites excluding steroid dienone is 2. The van der Waals surface area contributed by atoms with E-state index in [-0.39, 0.29) is 52.5 Å². The van der Waals surface area contributed by atoms with E-state index < -0.39 is 6.04 Å². The summed E-state index contributed by atoms with van der Waals surface area (Å²) in [5, 5.41) is 17.3. The van der Waals surface area contributed by atoms with Gasteiger partial charge in [0, 0.05) is 28.9 Å². The van der Waals surface area contributed by atoms with E-state index in [0.29, 0.717) is 0 Å². The fourth-order valence-corrected chi connectivity index (χ4v) is 3.43. The maximum atomic E-state index is 12.4. The number of rotatable bonds is 4. The summed E-state index contributed by atoms with van der Waals surface area (Å²) in [6, 6.07) is -1.19. The molecule has 0 spiro atoms. The van der Waals surface area contributed by atoms with Gasteiger partial charge in [-0.2, -0.15) is 6.20 Å². The van der Waals surface area contributed by atoms with E-state index in [1.165, 1.54) is 0 Å². The van der Waals surface area contributed by atoms with Crippen molar-refractivity contribution in [1.29, 1.82) is 0 Å². The molecule has 8 heteroatoms. The number of hydrogen-bond acceptors (Lipinski definition) is 2. The third-order valence-electron chi connectivity index (χ3n) is 4.79. The Kier molecular flexibility index (Phi) is 9.94. The van der Waals surface area contributed by atoms with Crippen LogP contribution in [0.4, 0.5) is 0 Å². The Morgan fingerprint density at radius 2 is 1.54 bits per heavy atom. The number of carbonyl (C=O) groups excluding carboxylic acids is 2. The molecule has 4 atom stereocenters. The Morgan fingerprint density at radius 1 is 0.885 bits per heavy atom. The van der Waals surface area contributed by atoms with Crippen LogP contribution in [0, 0.1) is 0 Å². The zero-order valence-corrected chi connectivity index (χ0v) is 15.7. The van der Waals surface area contributed by atoms with Gasteiger partial charge in [0.25, 0.3) is 0 Å². The van der Waals surface area contributed by atoms with Gasteiger partial charge < -0.3 is 36.3 Å².